The smallest absolute Gasteiger partial charge is 0.166 e. The number of benzene rings is 1. The standard InChI is InChI=1S/C17H21F3/c1-11-6-14(10-16(7-11)17(18,19)20)15-8-12-4-2-3-5-13(12)9-15/h6-7,10,12-13,15H,2-5,8-9H2,1H3/t12-,13?,15?/m0/s1. The Labute approximate surface area is 118 Å². The van der Waals surface area contributed by atoms with Gasteiger partial charge in [-0.1, -0.05) is 37.3 Å². The molecule has 0 heterocycles. The summed E-state index contributed by atoms with van der Waals surface area (Å²) < 4.78 is 38.8. The van der Waals surface area contributed by atoms with E-state index in [1.165, 1.54) is 37.8 Å². The highest BCUT2D eigenvalue weighted by molar-refractivity contribution is 5.34. The van der Waals surface area contributed by atoms with Gasteiger partial charge in [0.25, 0.3) is 0 Å². The minimum Gasteiger partial charge on any atom is -0.166 e. The number of halogens is 3. The molecule has 0 aromatic heterocycles. The quantitative estimate of drug-likeness (QED) is 0.620. The van der Waals surface area contributed by atoms with Gasteiger partial charge in [0, 0.05) is 0 Å². The molecule has 0 spiro atoms. The Bertz CT molecular complexity index is 475. The molecule has 1 aromatic rings. The van der Waals surface area contributed by atoms with E-state index in [-0.39, 0.29) is 0 Å². The molecule has 0 amide bonds. The van der Waals surface area contributed by atoms with Crippen LogP contribution >= 0.6 is 0 Å². The van der Waals surface area contributed by atoms with Crippen molar-refractivity contribution in [1.29, 1.82) is 0 Å². The average molecular weight is 282 g/mol. The van der Waals surface area contributed by atoms with Crippen molar-refractivity contribution >= 4 is 0 Å². The summed E-state index contributed by atoms with van der Waals surface area (Å²) in [6, 6.07) is 4.59. The topological polar surface area (TPSA) is 0 Å². The predicted molar refractivity (Wildman–Crippen MR) is 73.6 cm³/mol. The molecular weight excluding hydrogens is 261 g/mol. The number of hydrogen-bond acceptors (Lipinski definition) is 0. The Kier molecular flexibility index (Phi) is 3.55. The molecule has 3 rings (SSSR count). The van der Waals surface area contributed by atoms with Crippen molar-refractivity contribution in [2.24, 2.45) is 11.8 Å². The third kappa shape index (κ3) is 2.72. The van der Waals surface area contributed by atoms with Crippen molar-refractivity contribution in [3.05, 3.63) is 34.9 Å². The van der Waals surface area contributed by atoms with Crippen LogP contribution in [0.5, 0.6) is 0 Å². The molecule has 3 atom stereocenters. The summed E-state index contributed by atoms with van der Waals surface area (Å²) in [4.78, 5) is 0. The fourth-order valence-corrected chi connectivity index (χ4v) is 4.22. The van der Waals surface area contributed by atoms with Crippen molar-refractivity contribution in [3.8, 4) is 0 Å². The molecule has 2 aliphatic carbocycles. The van der Waals surface area contributed by atoms with Gasteiger partial charge in [-0.25, -0.2) is 0 Å². The molecule has 2 saturated carbocycles. The third-order valence-corrected chi connectivity index (χ3v) is 5.14. The molecule has 0 saturated heterocycles. The Balaban J connectivity index is 1.85. The molecule has 0 radical (unpaired) electrons. The van der Waals surface area contributed by atoms with Crippen LogP contribution in [0.25, 0.3) is 0 Å². The van der Waals surface area contributed by atoms with Crippen LogP contribution < -0.4 is 0 Å². The minimum absolute atomic E-state index is 0.337. The van der Waals surface area contributed by atoms with E-state index in [0.717, 1.165) is 35.8 Å². The molecule has 110 valence electrons. The van der Waals surface area contributed by atoms with Crippen molar-refractivity contribution in [2.75, 3.05) is 0 Å². The van der Waals surface area contributed by atoms with Crippen molar-refractivity contribution in [3.63, 3.8) is 0 Å². The van der Waals surface area contributed by atoms with Crippen molar-refractivity contribution < 1.29 is 13.2 Å². The summed E-state index contributed by atoms with van der Waals surface area (Å²) in [7, 11) is 0. The molecule has 1 aromatic carbocycles. The third-order valence-electron chi connectivity index (χ3n) is 5.14. The van der Waals surface area contributed by atoms with Crippen LogP contribution in [0.4, 0.5) is 13.2 Å². The summed E-state index contributed by atoms with van der Waals surface area (Å²) in [5.74, 6) is 1.84. The maximum absolute atomic E-state index is 12.9. The lowest BCUT2D eigenvalue weighted by Crippen LogP contribution is -2.12. The van der Waals surface area contributed by atoms with E-state index in [2.05, 4.69) is 0 Å². The first-order valence-electron chi connectivity index (χ1n) is 7.62. The molecule has 20 heavy (non-hydrogen) atoms. The van der Waals surface area contributed by atoms with Gasteiger partial charge < -0.3 is 0 Å². The molecule has 0 bridgehead atoms. The van der Waals surface area contributed by atoms with Gasteiger partial charge in [-0.15, -0.1) is 0 Å². The molecule has 0 aliphatic heterocycles. The zero-order valence-corrected chi connectivity index (χ0v) is 11.8. The Hall–Kier alpha value is -0.990. The maximum atomic E-state index is 12.9. The van der Waals surface area contributed by atoms with Gasteiger partial charge in [0.15, 0.2) is 0 Å². The molecule has 2 fully saturated rings. The first kappa shape index (κ1) is 14.0. The van der Waals surface area contributed by atoms with E-state index in [9.17, 15) is 13.2 Å². The van der Waals surface area contributed by atoms with Gasteiger partial charge in [-0.3, -0.25) is 0 Å². The lowest BCUT2D eigenvalue weighted by atomic mass is 9.82. The van der Waals surface area contributed by atoms with E-state index < -0.39 is 11.7 Å². The maximum Gasteiger partial charge on any atom is 0.416 e. The van der Waals surface area contributed by atoms with Gasteiger partial charge in [-0.05, 0) is 55.2 Å². The highest BCUT2D eigenvalue weighted by Crippen LogP contribution is 2.49. The van der Waals surface area contributed by atoms with Crippen LogP contribution in [-0.2, 0) is 6.18 Å². The van der Waals surface area contributed by atoms with E-state index in [1.807, 2.05) is 6.07 Å². The SMILES string of the molecule is Cc1cc(C2CC3CCCC[C@H]3C2)cc(C(F)(F)F)c1. The molecule has 2 aliphatic rings. The molecular formula is C17H21F3. The number of aryl methyl sites for hydroxylation is 1. The summed E-state index contributed by atoms with van der Waals surface area (Å²) in [6.45, 7) is 1.76. The minimum atomic E-state index is -4.23. The van der Waals surface area contributed by atoms with Gasteiger partial charge in [0.05, 0.1) is 5.56 Å². The summed E-state index contributed by atoms with van der Waals surface area (Å²) in [5.41, 5.74) is 1.15. The fraction of sp³-hybridized carbons (Fsp3) is 0.647. The highest BCUT2D eigenvalue weighted by Gasteiger charge is 2.37. The van der Waals surface area contributed by atoms with Gasteiger partial charge >= 0.3 is 6.18 Å². The fourth-order valence-electron chi connectivity index (χ4n) is 4.22. The normalized spacial score (nSPS) is 30.3. The second kappa shape index (κ2) is 5.09. The van der Waals surface area contributed by atoms with E-state index in [0.29, 0.717) is 5.92 Å². The van der Waals surface area contributed by atoms with Crippen LogP contribution in [-0.4, -0.2) is 0 Å². The van der Waals surface area contributed by atoms with E-state index >= 15 is 0 Å². The van der Waals surface area contributed by atoms with Crippen LogP contribution in [0.2, 0.25) is 0 Å². The molecule has 3 heteroatoms. The van der Waals surface area contributed by atoms with Gasteiger partial charge in [0.1, 0.15) is 0 Å². The second-order valence-electron chi connectivity index (χ2n) is 6.60. The Morgan fingerprint density at radius 1 is 0.950 bits per heavy atom. The second-order valence-corrected chi connectivity index (χ2v) is 6.60. The van der Waals surface area contributed by atoms with Gasteiger partial charge in [-0.2, -0.15) is 13.2 Å². The van der Waals surface area contributed by atoms with Crippen LogP contribution in [0.3, 0.4) is 0 Å². The summed E-state index contributed by atoms with van der Waals surface area (Å²) >= 11 is 0. The summed E-state index contributed by atoms with van der Waals surface area (Å²) in [6.07, 6.45) is 3.10. The average Bonchev–Trinajstić information content (AvgIpc) is 2.80. The van der Waals surface area contributed by atoms with Gasteiger partial charge in [0.2, 0.25) is 0 Å². The van der Waals surface area contributed by atoms with E-state index in [4.69, 9.17) is 0 Å². The first-order valence-corrected chi connectivity index (χ1v) is 7.62. The molecule has 2 unspecified atom stereocenters. The number of rotatable bonds is 1. The largest absolute Gasteiger partial charge is 0.416 e. The summed E-state index contributed by atoms with van der Waals surface area (Å²) in [5, 5.41) is 0. The highest BCUT2D eigenvalue weighted by atomic mass is 19.4. The predicted octanol–water partition coefficient (Wildman–Crippen LogP) is 5.70. The number of hydrogen-bond donors (Lipinski definition) is 0. The van der Waals surface area contributed by atoms with Crippen molar-refractivity contribution in [2.45, 2.75) is 57.5 Å². The lowest BCUT2D eigenvalue weighted by molar-refractivity contribution is -0.137. The van der Waals surface area contributed by atoms with Crippen LogP contribution in [0, 0.1) is 18.8 Å². The molecule has 0 nitrogen and oxygen atoms in total. The van der Waals surface area contributed by atoms with E-state index in [1.54, 1.807) is 6.92 Å². The number of fused-ring (bicyclic) bond motifs is 1. The Morgan fingerprint density at radius 3 is 2.10 bits per heavy atom. The zero-order chi connectivity index (χ0) is 14.3. The monoisotopic (exact) mass is 282 g/mol. The Morgan fingerprint density at radius 2 is 1.55 bits per heavy atom. The molecule has 0 N–H and O–H groups in total. The number of alkyl halides is 3. The van der Waals surface area contributed by atoms with Crippen molar-refractivity contribution in [1.82, 2.24) is 0 Å². The van der Waals surface area contributed by atoms with Crippen LogP contribution in [0.15, 0.2) is 18.2 Å². The van der Waals surface area contributed by atoms with Crippen LogP contribution in [0.1, 0.15) is 61.1 Å². The first-order chi connectivity index (χ1) is 9.43. The lowest BCUT2D eigenvalue weighted by Gasteiger charge is -2.24. The zero-order valence-electron chi connectivity index (χ0n) is 11.8.